The zero-order valence-electron chi connectivity index (χ0n) is 12.4. The van der Waals surface area contributed by atoms with Gasteiger partial charge in [-0.3, -0.25) is 9.59 Å². The average Bonchev–Trinajstić information content (AvgIpc) is 2.33. The second-order valence-corrected chi connectivity index (χ2v) is 5.33. The Morgan fingerprint density at radius 2 is 1.95 bits per heavy atom. The maximum atomic E-state index is 12.0. The van der Waals surface area contributed by atoms with Crippen LogP contribution < -0.4 is 5.32 Å². The molecule has 0 aliphatic rings. The molecule has 0 spiro atoms. The van der Waals surface area contributed by atoms with Crippen LogP contribution in [-0.2, 0) is 9.59 Å². The van der Waals surface area contributed by atoms with Crippen molar-refractivity contribution in [2.75, 3.05) is 18.4 Å². The summed E-state index contributed by atoms with van der Waals surface area (Å²) in [6.45, 7) is 7.89. The molecule has 0 unspecified atom stereocenters. The lowest BCUT2D eigenvalue weighted by molar-refractivity contribution is -0.132. The van der Waals surface area contributed by atoms with Gasteiger partial charge < -0.3 is 10.2 Å². The van der Waals surface area contributed by atoms with Gasteiger partial charge in [-0.1, -0.05) is 24.6 Å². The standard InChI is InChI=1S/C15H21ClN2O2/c1-5-6-18(12(4)19)9-14(20)17-15-11(3)7-10(2)8-13(15)16/h7-8H,5-6,9H2,1-4H3,(H,17,20). The molecule has 1 aromatic rings. The van der Waals surface area contributed by atoms with Crippen LogP contribution in [-0.4, -0.2) is 29.8 Å². The van der Waals surface area contributed by atoms with E-state index >= 15 is 0 Å². The number of amides is 2. The van der Waals surface area contributed by atoms with Crippen molar-refractivity contribution in [3.8, 4) is 0 Å². The second kappa shape index (κ2) is 7.29. The van der Waals surface area contributed by atoms with E-state index in [-0.39, 0.29) is 18.4 Å². The summed E-state index contributed by atoms with van der Waals surface area (Å²) in [7, 11) is 0. The summed E-state index contributed by atoms with van der Waals surface area (Å²) in [5.41, 5.74) is 2.57. The normalized spacial score (nSPS) is 10.2. The van der Waals surface area contributed by atoms with Crippen molar-refractivity contribution in [2.24, 2.45) is 0 Å². The quantitative estimate of drug-likeness (QED) is 0.907. The van der Waals surface area contributed by atoms with Crippen molar-refractivity contribution in [2.45, 2.75) is 34.1 Å². The molecule has 2 amide bonds. The van der Waals surface area contributed by atoms with Crippen molar-refractivity contribution in [1.29, 1.82) is 0 Å². The van der Waals surface area contributed by atoms with Crippen molar-refractivity contribution >= 4 is 29.1 Å². The van der Waals surface area contributed by atoms with Crippen molar-refractivity contribution in [3.63, 3.8) is 0 Å². The Kier molecular flexibility index (Phi) is 6.02. The molecule has 0 radical (unpaired) electrons. The molecule has 5 heteroatoms. The fraction of sp³-hybridized carbons (Fsp3) is 0.467. The fourth-order valence-corrected chi connectivity index (χ4v) is 2.41. The minimum absolute atomic E-state index is 0.0484. The maximum absolute atomic E-state index is 12.0. The van der Waals surface area contributed by atoms with Gasteiger partial charge in [0.15, 0.2) is 0 Å². The maximum Gasteiger partial charge on any atom is 0.244 e. The molecule has 0 saturated heterocycles. The Morgan fingerprint density at radius 1 is 1.30 bits per heavy atom. The van der Waals surface area contributed by atoms with E-state index in [0.29, 0.717) is 17.3 Å². The summed E-state index contributed by atoms with van der Waals surface area (Å²) in [5, 5.41) is 3.30. The Hall–Kier alpha value is -1.55. The number of hydrogen-bond donors (Lipinski definition) is 1. The van der Waals surface area contributed by atoms with Gasteiger partial charge >= 0.3 is 0 Å². The lowest BCUT2D eigenvalue weighted by Gasteiger charge is -2.20. The smallest absolute Gasteiger partial charge is 0.244 e. The molecule has 1 N–H and O–H groups in total. The molecule has 0 aliphatic carbocycles. The molecule has 4 nitrogen and oxygen atoms in total. The highest BCUT2D eigenvalue weighted by Gasteiger charge is 2.15. The summed E-state index contributed by atoms with van der Waals surface area (Å²) in [5.74, 6) is -0.337. The molecule has 0 heterocycles. The number of hydrogen-bond acceptors (Lipinski definition) is 2. The molecule has 0 fully saturated rings. The highest BCUT2D eigenvalue weighted by atomic mass is 35.5. The third-order valence-electron chi connectivity index (χ3n) is 2.97. The molecule has 0 bridgehead atoms. The van der Waals surface area contributed by atoms with Gasteiger partial charge in [-0.05, 0) is 37.5 Å². The molecule has 1 aromatic carbocycles. The fourth-order valence-electron chi connectivity index (χ4n) is 2.04. The van der Waals surface area contributed by atoms with E-state index in [4.69, 9.17) is 11.6 Å². The topological polar surface area (TPSA) is 49.4 Å². The van der Waals surface area contributed by atoms with E-state index in [9.17, 15) is 9.59 Å². The zero-order valence-corrected chi connectivity index (χ0v) is 13.2. The van der Waals surface area contributed by atoms with Crippen LogP contribution in [0.2, 0.25) is 5.02 Å². The number of benzene rings is 1. The van der Waals surface area contributed by atoms with E-state index in [1.54, 1.807) is 6.07 Å². The number of halogens is 1. The first kappa shape index (κ1) is 16.5. The molecule has 0 saturated carbocycles. The second-order valence-electron chi connectivity index (χ2n) is 4.93. The molecular weight excluding hydrogens is 276 g/mol. The number of rotatable bonds is 5. The zero-order chi connectivity index (χ0) is 15.3. The third-order valence-corrected chi connectivity index (χ3v) is 3.27. The van der Waals surface area contributed by atoms with Crippen LogP contribution in [0.25, 0.3) is 0 Å². The lowest BCUT2D eigenvalue weighted by Crippen LogP contribution is -2.37. The summed E-state index contributed by atoms with van der Waals surface area (Å²) in [6, 6.07) is 3.76. The SMILES string of the molecule is CCCN(CC(=O)Nc1c(C)cc(C)cc1Cl)C(C)=O. The molecule has 20 heavy (non-hydrogen) atoms. The summed E-state index contributed by atoms with van der Waals surface area (Å²) < 4.78 is 0. The van der Waals surface area contributed by atoms with Crippen LogP contribution in [0.3, 0.4) is 0 Å². The van der Waals surface area contributed by atoms with Gasteiger partial charge in [-0.15, -0.1) is 0 Å². The number of nitrogens with one attached hydrogen (secondary N) is 1. The number of anilines is 1. The highest BCUT2D eigenvalue weighted by molar-refractivity contribution is 6.34. The van der Waals surface area contributed by atoms with Gasteiger partial charge in [0.25, 0.3) is 0 Å². The summed E-state index contributed by atoms with van der Waals surface area (Å²) >= 11 is 6.14. The van der Waals surface area contributed by atoms with Gasteiger partial charge in [0.2, 0.25) is 11.8 Å². The van der Waals surface area contributed by atoms with Gasteiger partial charge in [-0.2, -0.15) is 0 Å². The average molecular weight is 297 g/mol. The van der Waals surface area contributed by atoms with Crippen molar-refractivity contribution in [1.82, 2.24) is 4.90 Å². The number of aryl methyl sites for hydroxylation is 2. The summed E-state index contributed by atoms with van der Waals surface area (Å²) in [6.07, 6.45) is 0.817. The van der Waals surface area contributed by atoms with E-state index < -0.39 is 0 Å². The Labute approximate surface area is 125 Å². The van der Waals surface area contributed by atoms with E-state index in [0.717, 1.165) is 17.5 Å². The molecule has 1 rings (SSSR count). The largest absolute Gasteiger partial charge is 0.334 e. The van der Waals surface area contributed by atoms with Crippen molar-refractivity contribution in [3.05, 3.63) is 28.3 Å². The molecule has 0 aromatic heterocycles. The van der Waals surface area contributed by atoms with Crippen LogP contribution in [0.1, 0.15) is 31.4 Å². The Balaban J connectivity index is 2.78. The van der Waals surface area contributed by atoms with Gasteiger partial charge in [0.1, 0.15) is 0 Å². The monoisotopic (exact) mass is 296 g/mol. The summed E-state index contributed by atoms with van der Waals surface area (Å²) in [4.78, 5) is 25.0. The van der Waals surface area contributed by atoms with Gasteiger partial charge in [-0.25, -0.2) is 0 Å². The van der Waals surface area contributed by atoms with Gasteiger partial charge in [0.05, 0.1) is 17.3 Å². The van der Waals surface area contributed by atoms with Crippen LogP contribution >= 0.6 is 11.6 Å². The van der Waals surface area contributed by atoms with Crippen LogP contribution in [0, 0.1) is 13.8 Å². The van der Waals surface area contributed by atoms with Crippen LogP contribution in [0.5, 0.6) is 0 Å². The van der Waals surface area contributed by atoms with Crippen LogP contribution in [0.15, 0.2) is 12.1 Å². The molecule has 110 valence electrons. The number of carbonyl (C=O) groups is 2. The van der Waals surface area contributed by atoms with E-state index in [1.165, 1.54) is 11.8 Å². The molecule has 0 atom stereocenters. The minimum atomic E-state index is -0.234. The highest BCUT2D eigenvalue weighted by Crippen LogP contribution is 2.27. The third kappa shape index (κ3) is 4.53. The molecule has 0 aliphatic heterocycles. The first-order valence-corrected chi connectivity index (χ1v) is 7.05. The predicted molar refractivity (Wildman–Crippen MR) is 82.1 cm³/mol. The van der Waals surface area contributed by atoms with E-state index in [2.05, 4.69) is 5.32 Å². The van der Waals surface area contributed by atoms with Crippen molar-refractivity contribution < 1.29 is 9.59 Å². The lowest BCUT2D eigenvalue weighted by atomic mass is 10.1. The number of nitrogens with zero attached hydrogens (tertiary/aromatic N) is 1. The Morgan fingerprint density at radius 3 is 2.45 bits per heavy atom. The first-order chi connectivity index (χ1) is 9.35. The predicted octanol–water partition coefficient (Wildman–Crippen LogP) is 3.15. The van der Waals surface area contributed by atoms with Gasteiger partial charge in [0, 0.05) is 13.5 Å². The van der Waals surface area contributed by atoms with E-state index in [1.807, 2.05) is 26.8 Å². The first-order valence-electron chi connectivity index (χ1n) is 6.67. The Bertz CT molecular complexity index is 492. The minimum Gasteiger partial charge on any atom is -0.334 e. The number of carbonyl (C=O) groups excluding carboxylic acids is 2. The van der Waals surface area contributed by atoms with Crippen LogP contribution in [0.4, 0.5) is 5.69 Å². The molecular formula is C15H21ClN2O2.